The van der Waals surface area contributed by atoms with Crippen LogP contribution in [0.1, 0.15) is 24.0 Å². The number of rotatable bonds is 5. The largest absolute Gasteiger partial charge is 0.454 e. The van der Waals surface area contributed by atoms with Gasteiger partial charge in [0.15, 0.2) is 17.5 Å². The van der Waals surface area contributed by atoms with E-state index in [1.165, 1.54) is 5.56 Å². The second-order valence-corrected chi connectivity index (χ2v) is 7.03. The van der Waals surface area contributed by atoms with Crippen molar-refractivity contribution in [1.29, 1.82) is 0 Å². The lowest BCUT2D eigenvalue weighted by Gasteiger charge is -2.32. The van der Waals surface area contributed by atoms with Crippen LogP contribution in [0.5, 0.6) is 11.5 Å². The molecule has 150 valence electrons. The minimum absolute atomic E-state index is 0. The molecule has 2 aliphatic heterocycles. The van der Waals surface area contributed by atoms with E-state index in [2.05, 4.69) is 45.5 Å². The number of ether oxygens (including phenoxy) is 2. The lowest BCUT2D eigenvalue weighted by molar-refractivity contribution is 0.173. The number of nitrogens with one attached hydrogen (secondary N) is 1. The van der Waals surface area contributed by atoms with E-state index in [9.17, 15) is 0 Å². The van der Waals surface area contributed by atoms with Gasteiger partial charge in [0.25, 0.3) is 0 Å². The number of fused-ring (bicyclic) bond motifs is 1. The number of para-hydroxylation sites is 1. The number of hydrogen-bond acceptors (Lipinski definition) is 4. The first kappa shape index (κ1) is 20.7. The zero-order valence-corrected chi connectivity index (χ0v) is 18.2. The Labute approximate surface area is 183 Å². The quantitative estimate of drug-likeness (QED) is 0.380. The first-order chi connectivity index (χ1) is 13.3. The highest BCUT2D eigenvalue weighted by molar-refractivity contribution is 14.0. The van der Waals surface area contributed by atoms with Crippen LogP contribution in [0, 0.1) is 0 Å². The Morgan fingerprint density at radius 1 is 1.07 bits per heavy atom. The fourth-order valence-electron chi connectivity index (χ4n) is 3.62. The molecule has 1 fully saturated rings. The molecule has 0 saturated carbocycles. The van der Waals surface area contributed by atoms with Gasteiger partial charge in [-0.15, -0.1) is 24.0 Å². The van der Waals surface area contributed by atoms with Crippen molar-refractivity contribution >= 4 is 29.9 Å². The van der Waals surface area contributed by atoms with Crippen molar-refractivity contribution < 1.29 is 9.47 Å². The van der Waals surface area contributed by atoms with Gasteiger partial charge in [-0.1, -0.05) is 42.5 Å². The molecule has 0 aromatic heterocycles. The van der Waals surface area contributed by atoms with Gasteiger partial charge < -0.3 is 20.5 Å². The number of halogens is 1. The van der Waals surface area contributed by atoms with Crippen LogP contribution in [0.4, 0.5) is 0 Å². The molecule has 6 nitrogen and oxygen atoms in total. The number of aliphatic imine (C=N–C) groups is 1. The molecule has 0 atom stereocenters. The van der Waals surface area contributed by atoms with E-state index < -0.39 is 0 Å². The Kier molecular flexibility index (Phi) is 7.38. The van der Waals surface area contributed by atoms with Crippen LogP contribution in [0.3, 0.4) is 0 Å². The van der Waals surface area contributed by atoms with Crippen molar-refractivity contribution in [2.24, 2.45) is 10.7 Å². The first-order valence-corrected chi connectivity index (χ1v) is 9.48. The number of nitrogens with zero attached hydrogens (tertiary/aromatic N) is 2. The molecule has 0 bridgehead atoms. The third kappa shape index (κ3) is 5.29. The van der Waals surface area contributed by atoms with Gasteiger partial charge in [0.05, 0.1) is 6.54 Å². The van der Waals surface area contributed by atoms with Crippen LogP contribution in [-0.2, 0) is 13.1 Å². The Morgan fingerprint density at radius 2 is 1.86 bits per heavy atom. The summed E-state index contributed by atoms with van der Waals surface area (Å²) in [4.78, 5) is 6.98. The zero-order chi connectivity index (χ0) is 18.5. The van der Waals surface area contributed by atoms with Crippen molar-refractivity contribution in [3.8, 4) is 11.5 Å². The molecule has 4 rings (SSSR count). The predicted octanol–water partition coefficient (Wildman–Crippen LogP) is 3.10. The highest BCUT2D eigenvalue weighted by Gasteiger charge is 2.20. The topological polar surface area (TPSA) is 72.1 Å². The Hall–Kier alpha value is -2.00. The summed E-state index contributed by atoms with van der Waals surface area (Å²) >= 11 is 0. The van der Waals surface area contributed by atoms with Gasteiger partial charge in [-0.2, -0.15) is 0 Å². The number of benzene rings is 2. The van der Waals surface area contributed by atoms with Crippen molar-refractivity contribution in [3.05, 3.63) is 59.7 Å². The Morgan fingerprint density at radius 3 is 2.64 bits per heavy atom. The summed E-state index contributed by atoms with van der Waals surface area (Å²) < 4.78 is 10.9. The molecule has 0 aliphatic carbocycles. The molecule has 0 radical (unpaired) electrons. The number of piperidine rings is 1. The second kappa shape index (κ2) is 9.97. The lowest BCUT2D eigenvalue weighted by atomic mass is 10.0. The summed E-state index contributed by atoms with van der Waals surface area (Å²) in [5, 5.41) is 3.37. The van der Waals surface area contributed by atoms with E-state index in [4.69, 9.17) is 15.2 Å². The van der Waals surface area contributed by atoms with Crippen LogP contribution in [0.25, 0.3) is 0 Å². The van der Waals surface area contributed by atoms with Crippen molar-refractivity contribution in [2.45, 2.75) is 32.0 Å². The van der Waals surface area contributed by atoms with Crippen LogP contribution in [-0.4, -0.2) is 36.8 Å². The van der Waals surface area contributed by atoms with E-state index in [0.717, 1.165) is 49.5 Å². The highest BCUT2D eigenvalue weighted by Crippen LogP contribution is 2.35. The fraction of sp³-hybridized carbons (Fsp3) is 0.381. The maximum Gasteiger partial charge on any atom is 0.231 e. The van der Waals surface area contributed by atoms with Crippen molar-refractivity contribution in [3.63, 3.8) is 0 Å². The molecule has 0 amide bonds. The maximum absolute atomic E-state index is 6.11. The van der Waals surface area contributed by atoms with Gasteiger partial charge in [0, 0.05) is 31.2 Å². The predicted molar refractivity (Wildman–Crippen MR) is 121 cm³/mol. The van der Waals surface area contributed by atoms with Gasteiger partial charge >= 0.3 is 0 Å². The standard InChI is InChI=1S/C21H26N4O2.HI/c22-21(23-13-17-7-4-8-19-20(17)27-15-26-19)24-18-9-11-25(12-10-18)14-16-5-2-1-3-6-16;/h1-8,18H,9-15H2,(H3,22,23,24);1H. The molecule has 2 aliphatic rings. The van der Waals surface area contributed by atoms with E-state index >= 15 is 0 Å². The lowest BCUT2D eigenvalue weighted by Crippen LogP contribution is -2.46. The monoisotopic (exact) mass is 494 g/mol. The van der Waals surface area contributed by atoms with Gasteiger partial charge in [-0.3, -0.25) is 4.90 Å². The molecule has 0 spiro atoms. The van der Waals surface area contributed by atoms with Crippen LogP contribution in [0.15, 0.2) is 53.5 Å². The second-order valence-electron chi connectivity index (χ2n) is 7.03. The number of nitrogens with two attached hydrogens (primary N) is 1. The minimum Gasteiger partial charge on any atom is -0.454 e. The SMILES string of the molecule is I.NC(=NCc1cccc2c1OCO2)NC1CCN(Cc2ccccc2)CC1. The van der Waals surface area contributed by atoms with Crippen LogP contribution < -0.4 is 20.5 Å². The summed E-state index contributed by atoms with van der Waals surface area (Å²) in [6, 6.07) is 16.8. The number of guanidine groups is 1. The van der Waals surface area contributed by atoms with Gasteiger partial charge in [0.1, 0.15) is 0 Å². The molecule has 2 aromatic rings. The Bertz CT molecular complexity index is 792. The third-order valence-corrected chi connectivity index (χ3v) is 5.09. The highest BCUT2D eigenvalue weighted by atomic mass is 127. The van der Waals surface area contributed by atoms with E-state index in [1.807, 2.05) is 18.2 Å². The van der Waals surface area contributed by atoms with Crippen LogP contribution in [0.2, 0.25) is 0 Å². The fourth-order valence-corrected chi connectivity index (χ4v) is 3.62. The number of hydrogen-bond donors (Lipinski definition) is 2. The van der Waals surface area contributed by atoms with Gasteiger partial charge in [-0.05, 0) is 24.5 Å². The smallest absolute Gasteiger partial charge is 0.231 e. The van der Waals surface area contributed by atoms with Crippen molar-refractivity contribution in [2.75, 3.05) is 19.9 Å². The van der Waals surface area contributed by atoms with Gasteiger partial charge in [-0.25, -0.2) is 4.99 Å². The summed E-state index contributed by atoms with van der Waals surface area (Å²) in [6.45, 7) is 3.90. The summed E-state index contributed by atoms with van der Waals surface area (Å²) in [5.74, 6) is 2.05. The molecular weight excluding hydrogens is 467 g/mol. The van der Waals surface area contributed by atoms with Crippen molar-refractivity contribution in [1.82, 2.24) is 10.2 Å². The summed E-state index contributed by atoms with van der Waals surface area (Å²) in [7, 11) is 0. The van der Waals surface area contributed by atoms with E-state index in [1.54, 1.807) is 0 Å². The van der Waals surface area contributed by atoms with E-state index in [-0.39, 0.29) is 30.8 Å². The minimum atomic E-state index is 0. The third-order valence-electron chi connectivity index (χ3n) is 5.09. The number of likely N-dealkylation sites (tertiary alicyclic amines) is 1. The molecule has 2 heterocycles. The Balaban J connectivity index is 0.00000225. The van der Waals surface area contributed by atoms with E-state index in [0.29, 0.717) is 18.5 Å². The molecule has 7 heteroatoms. The first-order valence-electron chi connectivity index (χ1n) is 9.48. The normalized spacial score (nSPS) is 17.2. The molecule has 0 unspecified atom stereocenters. The van der Waals surface area contributed by atoms with Crippen LogP contribution >= 0.6 is 24.0 Å². The molecular formula is C21H27IN4O2. The maximum atomic E-state index is 6.11. The molecule has 28 heavy (non-hydrogen) atoms. The van der Waals surface area contributed by atoms with Gasteiger partial charge in [0.2, 0.25) is 6.79 Å². The molecule has 2 aromatic carbocycles. The summed E-state index contributed by atoms with van der Waals surface area (Å²) in [6.07, 6.45) is 2.14. The molecule has 1 saturated heterocycles. The average molecular weight is 494 g/mol. The summed E-state index contributed by atoms with van der Waals surface area (Å²) in [5.41, 5.74) is 8.47. The average Bonchev–Trinajstić information content (AvgIpc) is 3.18. The zero-order valence-electron chi connectivity index (χ0n) is 15.8. The molecule has 3 N–H and O–H groups in total.